The molecule has 1 saturated heterocycles. The number of aromatic nitrogens is 2. The van der Waals surface area contributed by atoms with Crippen molar-refractivity contribution >= 4 is 57.3 Å². The predicted molar refractivity (Wildman–Crippen MR) is 210 cm³/mol. The second-order valence-corrected chi connectivity index (χ2v) is 17.2. The Kier molecular flexibility index (Phi) is 19.2. The minimum absolute atomic E-state index is 0.129. The average Bonchev–Trinajstić information content (AvgIpc) is 3.92. The van der Waals surface area contributed by atoms with E-state index in [9.17, 15) is 9.59 Å². The van der Waals surface area contributed by atoms with Gasteiger partial charge in [-0.25, -0.2) is 14.8 Å². The number of esters is 1. The van der Waals surface area contributed by atoms with E-state index >= 15 is 0 Å². The van der Waals surface area contributed by atoms with Crippen LogP contribution in [0.4, 0.5) is 4.79 Å². The summed E-state index contributed by atoms with van der Waals surface area (Å²) in [5.41, 5.74) is 10.1. The maximum atomic E-state index is 11.7. The fourth-order valence-electron chi connectivity index (χ4n) is 4.81. The Morgan fingerprint density at radius 3 is 1.76 bits per heavy atom. The van der Waals surface area contributed by atoms with Crippen LogP contribution in [0.25, 0.3) is 0 Å². The van der Waals surface area contributed by atoms with Gasteiger partial charge in [0.2, 0.25) is 0 Å². The molecule has 9 nitrogen and oxygen atoms in total. The van der Waals surface area contributed by atoms with E-state index in [-0.39, 0.29) is 12.6 Å². The van der Waals surface area contributed by atoms with Crippen LogP contribution in [0.15, 0.2) is 33.7 Å². The number of hydrogen-bond acceptors (Lipinski definition) is 11. The van der Waals surface area contributed by atoms with Crippen molar-refractivity contribution in [1.82, 2.24) is 20.6 Å². The molecule has 1 aliphatic rings. The molecule has 1 aliphatic heterocycles. The first-order valence-electron chi connectivity index (χ1n) is 17.4. The molecule has 0 unspecified atom stereocenters. The topological polar surface area (TPSA) is 128 Å². The van der Waals surface area contributed by atoms with Gasteiger partial charge in [0.15, 0.2) is 0 Å². The number of carbonyl (C=O) groups is 2. The molecule has 0 atom stereocenters. The first kappa shape index (κ1) is 41.7. The highest BCUT2D eigenvalue weighted by atomic mass is 32.1. The van der Waals surface area contributed by atoms with E-state index < -0.39 is 11.6 Å². The van der Waals surface area contributed by atoms with Crippen LogP contribution in [-0.2, 0) is 52.8 Å². The van der Waals surface area contributed by atoms with Gasteiger partial charge < -0.3 is 25.8 Å². The Bertz CT molecular complexity index is 1530. The highest BCUT2D eigenvalue weighted by Crippen LogP contribution is 2.20. The second-order valence-electron chi connectivity index (χ2n) is 13.1. The largest absolute Gasteiger partial charge is 0.459 e. The van der Waals surface area contributed by atoms with Crippen LogP contribution in [0.5, 0.6) is 0 Å². The molecule has 4 aromatic heterocycles. The average molecular weight is 762 g/mol. The quantitative estimate of drug-likeness (QED) is 0.0832. The molecule has 4 N–H and O–H groups in total. The molecule has 0 saturated carbocycles. The molecule has 13 heteroatoms. The first-order chi connectivity index (χ1) is 24.0. The Balaban J connectivity index is 0.000000257. The van der Waals surface area contributed by atoms with E-state index in [0.717, 1.165) is 86.8 Å². The maximum absolute atomic E-state index is 11.7. The van der Waals surface area contributed by atoms with Crippen molar-refractivity contribution in [2.24, 2.45) is 5.73 Å². The molecule has 0 bridgehead atoms. The lowest BCUT2D eigenvalue weighted by atomic mass is 10.1. The van der Waals surface area contributed by atoms with Crippen LogP contribution in [0.2, 0.25) is 0 Å². The number of rotatable bonds is 15. The van der Waals surface area contributed by atoms with E-state index in [1.165, 1.54) is 39.4 Å². The lowest BCUT2D eigenvalue weighted by Gasteiger charge is -2.19. The number of nitrogens with two attached hydrogens (primary N) is 1. The number of urea groups is 1. The summed E-state index contributed by atoms with van der Waals surface area (Å²) in [7, 11) is 0. The summed E-state index contributed by atoms with van der Waals surface area (Å²) in [5.74, 6) is -0.443. The van der Waals surface area contributed by atoms with E-state index in [4.69, 9.17) is 15.2 Å². The normalized spacial score (nSPS) is 12.4. The van der Waals surface area contributed by atoms with Crippen molar-refractivity contribution in [3.63, 3.8) is 0 Å². The van der Waals surface area contributed by atoms with Gasteiger partial charge in [0.25, 0.3) is 0 Å². The van der Waals surface area contributed by atoms with Crippen molar-refractivity contribution in [2.75, 3.05) is 32.8 Å². The molecular weight excluding hydrogens is 707 g/mol. The summed E-state index contributed by atoms with van der Waals surface area (Å²) in [4.78, 5) is 35.0. The van der Waals surface area contributed by atoms with Gasteiger partial charge in [0.1, 0.15) is 12.1 Å². The molecule has 276 valence electrons. The van der Waals surface area contributed by atoms with E-state index in [1.807, 2.05) is 18.3 Å². The fraction of sp³-hybridized carbons (Fsp3) is 0.568. The highest BCUT2D eigenvalue weighted by Gasteiger charge is 2.16. The first-order valence-corrected chi connectivity index (χ1v) is 21.0. The van der Waals surface area contributed by atoms with E-state index in [1.54, 1.807) is 54.8 Å². The van der Waals surface area contributed by atoms with Gasteiger partial charge in [0.05, 0.1) is 21.4 Å². The third-order valence-corrected chi connectivity index (χ3v) is 11.0. The summed E-state index contributed by atoms with van der Waals surface area (Å²) in [6, 6.07) is 4.21. The highest BCUT2D eigenvalue weighted by molar-refractivity contribution is 7.10. The molecular formula is C37H55N5O4S4. The van der Waals surface area contributed by atoms with E-state index in [0.29, 0.717) is 6.54 Å². The van der Waals surface area contributed by atoms with Crippen LogP contribution >= 0.6 is 45.3 Å². The molecule has 4 aromatic rings. The number of nitrogens with zero attached hydrogens (tertiary/aromatic N) is 2. The van der Waals surface area contributed by atoms with Gasteiger partial charge in [-0.3, -0.25) is 4.79 Å². The Labute approximate surface area is 314 Å². The van der Waals surface area contributed by atoms with Crippen LogP contribution in [0.3, 0.4) is 0 Å². The molecule has 50 heavy (non-hydrogen) atoms. The van der Waals surface area contributed by atoms with Crippen molar-refractivity contribution < 1.29 is 19.1 Å². The summed E-state index contributed by atoms with van der Waals surface area (Å²) >= 11 is 7.04. The molecule has 0 aromatic carbocycles. The van der Waals surface area contributed by atoms with Crippen molar-refractivity contribution in [3.05, 3.63) is 75.9 Å². The maximum Gasteiger partial charge on any atom is 0.325 e. The summed E-state index contributed by atoms with van der Waals surface area (Å²) < 4.78 is 10.1. The molecule has 0 radical (unpaired) electrons. The zero-order valence-electron chi connectivity index (χ0n) is 30.3. The SMILES string of the molecule is C1CCOC1.Cc1nc(CCc2csc(CCCN)c2)cs1.Cc1nc(CCc2csc(CCCNC(=O)NCC(=O)OC(C)(C)C)c2)cs1. The number of carbonyl (C=O) groups excluding carboxylic acids is 2. The number of thiazole rings is 2. The van der Waals surface area contributed by atoms with Gasteiger partial charge in [-0.2, -0.15) is 0 Å². The van der Waals surface area contributed by atoms with Crippen molar-refractivity contribution in [3.8, 4) is 0 Å². The van der Waals surface area contributed by atoms with Crippen LogP contribution in [0.1, 0.15) is 88.7 Å². The number of hydrogen-bond donors (Lipinski definition) is 3. The van der Waals surface area contributed by atoms with Crippen LogP contribution < -0.4 is 16.4 Å². The fourth-order valence-corrected chi connectivity index (χ4v) is 8.05. The Morgan fingerprint density at radius 1 is 0.780 bits per heavy atom. The third kappa shape index (κ3) is 18.5. The number of ether oxygens (including phenoxy) is 2. The van der Waals surface area contributed by atoms with Gasteiger partial charge in [-0.05, 0) is 139 Å². The van der Waals surface area contributed by atoms with Gasteiger partial charge in [-0.1, -0.05) is 0 Å². The zero-order valence-corrected chi connectivity index (χ0v) is 33.6. The smallest absolute Gasteiger partial charge is 0.325 e. The third-order valence-electron chi connectivity index (χ3n) is 7.24. The van der Waals surface area contributed by atoms with Gasteiger partial charge in [0, 0.05) is 40.3 Å². The van der Waals surface area contributed by atoms with Crippen LogP contribution in [-0.4, -0.2) is 60.4 Å². The minimum Gasteiger partial charge on any atom is -0.459 e. The summed E-state index contributed by atoms with van der Waals surface area (Å²) in [5, 5.41) is 16.3. The second kappa shape index (κ2) is 23.0. The van der Waals surface area contributed by atoms with Crippen molar-refractivity contribution in [2.45, 2.75) is 104 Å². The molecule has 0 aliphatic carbocycles. The molecule has 5 rings (SSSR count). The zero-order chi connectivity index (χ0) is 36.2. The van der Waals surface area contributed by atoms with Crippen molar-refractivity contribution in [1.29, 1.82) is 0 Å². The molecule has 5 heterocycles. The molecule has 2 amide bonds. The van der Waals surface area contributed by atoms with Gasteiger partial charge in [-0.15, -0.1) is 45.3 Å². The predicted octanol–water partition coefficient (Wildman–Crippen LogP) is 7.86. The van der Waals surface area contributed by atoms with Crippen LogP contribution in [0, 0.1) is 13.8 Å². The van der Waals surface area contributed by atoms with E-state index in [2.05, 4.69) is 61.2 Å². The Morgan fingerprint density at radius 2 is 1.32 bits per heavy atom. The summed E-state index contributed by atoms with van der Waals surface area (Å²) in [6.45, 7) is 12.7. The lowest BCUT2D eigenvalue weighted by Crippen LogP contribution is -2.40. The lowest BCUT2D eigenvalue weighted by molar-refractivity contribution is -0.153. The summed E-state index contributed by atoms with van der Waals surface area (Å²) in [6.07, 6.45) is 10.7. The number of nitrogens with one attached hydrogen (secondary N) is 2. The van der Waals surface area contributed by atoms with Gasteiger partial charge >= 0.3 is 12.0 Å². The standard InChI is InChI=1S/C20H29N3O3S2.C13H18N2S2.C4H8O/c1-14-23-16(13-27-14)8-7-15-10-17(28-12-15)6-5-9-21-19(25)22-11-18(24)26-20(2,3)4;1-10-15-12(9-16-10)5-4-11-7-13(17-8-11)3-2-6-14;1-2-4-5-3-1/h10,12-13H,5-9,11H2,1-4H3,(H2,21,22,25);7-9H,2-6,14H2,1H3;1-4H2. The number of amides is 2. The minimum atomic E-state index is -0.548. The Hall–Kier alpha value is -2.68. The molecule has 1 fully saturated rings. The number of aryl methyl sites for hydroxylation is 8. The number of thiophene rings is 2. The molecule has 0 spiro atoms. The monoisotopic (exact) mass is 761 g/mol.